The molecule has 5 heteroatoms. The molecule has 0 saturated carbocycles. The third kappa shape index (κ3) is 3.50. The van der Waals surface area contributed by atoms with E-state index < -0.39 is 5.97 Å². The van der Waals surface area contributed by atoms with E-state index in [0.717, 1.165) is 5.69 Å². The summed E-state index contributed by atoms with van der Waals surface area (Å²) in [5, 5.41) is 17.9. The van der Waals surface area contributed by atoms with Gasteiger partial charge in [-0.2, -0.15) is 0 Å². The number of rotatable bonds is 5. The van der Waals surface area contributed by atoms with Crippen molar-refractivity contribution in [2.45, 2.75) is 18.7 Å². The molecule has 1 heterocycles. The molecule has 0 spiro atoms. The Kier molecular flexibility index (Phi) is 4.76. The van der Waals surface area contributed by atoms with Crippen LogP contribution in [-0.2, 0) is 0 Å². The normalized spacial score (nSPS) is 12.4. The molecule has 16 heavy (non-hydrogen) atoms. The van der Waals surface area contributed by atoms with Crippen molar-refractivity contribution in [2.24, 2.45) is 5.92 Å². The highest BCUT2D eigenvalue weighted by molar-refractivity contribution is 7.99. The second kappa shape index (κ2) is 5.86. The molecule has 0 radical (unpaired) electrons. The molecule has 0 aliphatic heterocycles. The quantitative estimate of drug-likeness (QED) is 0.769. The molecule has 4 nitrogen and oxygen atoms in total. The molecule has 1 atom stereocenters. The van der Waals surface area contributed by atoms with Crippen LogP contribution in [0.2, 0.25) is 0 Å². The van der Waals surface area contributed by atoms with Crippen LogP contribution in [-0.4, -0.2) is 33.5 Å². The molecule has 0 amide bonds. The van der Waals surface area contributed by atoms with Crippen molar-refractivity contribution in [3.63, 3.8) is 0 Å². The molecular weight excluding hydrogens is 226 g/mol. The fraction of sp³-hybridized carbons (Fsp3) is 0.455. The van der Waals surface area contributed by atoms with Gasteiger partial charge in [-0.3, -0.25) is 4.98 Å². The number of aryl methyl sites for hydroxylation is 1. The number of aromatic carboxylic acids is 1. The van der Waals surface area contributed by atoms with Gasteiger partial charge in [0.15, 0.2) is 0 Å². The summed E-state index contributed by atoms with van der Waals surface area (Å²) < 4.78 is 0. The van der Waals surface area contributed by atoms with E-state index in [4.69, 9.17) is 10.2 Å². The highest BCUT2D eigenvalue weighted by Gasteiger charge is 2.12. The SMILES string of the molecule is Cc1cc(SCC(C)CO)c(C(=O)O)cn1. The van der Waals surface area contributed by atoms with Gasteiger partial charge in [0.25, 0.3) is 0 Å². The zero-order valence-electron chi connectivity index (χ0n) is 9.30. The lowest BCUT2D eigenvalue weighted by atomic mass is 10.2. The Balaban J connectivity index is 2.84. The van der Waals surface area contributed by atoms with Crippen molar-refractivity contribution in [2.75, 3.05) is 12.4 Å². The van der Waals surface area contributed by atoms with Crippen LogP contribution in [0.1, 0.15) is 23.0 Å². The van der Waals surface area contributed by atoms with Gasteiger partial charge in [-0.15, -0.1) is 11.8 Å². The Morgan fingerprint density at radius 2 is 2.31 bits per heavy atom. The third-order valence-electron chi connectivity index (χ3n) is 2.07. The lowest BCUT2D eigenvalue weighted by Crippen LogP contribution is -2.06. The van der Waals surface area contributed by atoms with E-state index >= 15 is 0 Å². The van der Waals surface area contributed by atoms with Gasteiger partial charge in [0.1, 0.15) is 0 Å². The number of pyridine rings is 1. The molecule has 0 fully saturated rings. The van der Waals surface area contributed by atoms with Crippen LogP contribution < -0.4 is 0 Å². The first-order chi connectivity index (χ1) is 7.54. The Labute approximate surface area is 98.7 Å². The summed E-state index contributed by atoms with van der Waals surface area (Å²) in [7, 11) is 0. The van der Waals surface area contributed by atoms with E-state index in [-0.39, 0.29) is 18.1 Å². The molecule has 0 saturated heterocycles. The first kappa shape index (κ1) is 13.0. The van der Waals surface area contributed by atoms with Crippen molar-refractivity contribution >= 4 is 17.7 Å². The summed E-state index contributed by atoms with van der Waals surface area (Å²) in [5.74, 6) is -0.119. The third-order valence-corrected chi connectivity index (χ3v) is 3.45. The zero-order chi connectivity index (χ0) is 12.1. The fourth-order valence-corrected chi connectivity index (χ4v) is 2.22. The standard InChI is InChI=1S/C11H15NO3S/c1-7(5-13)6-16-10-3-8(2)12-4-9(10)11(14)15/h3-4,7,13H,5-6H2,1-2H3,(H,14,15). The van der Waals surface area contributed by atoms with Crippen molar-refractivity contribution in [1.82, 2.24) is 4.98 Å². The predicted octanol–water partition coefficient (Wildman–Crippen LogP) is 1.81. The number of nitrogens with zero attached hydrogens (tertiary/aromatic N) is 1. The second-order valence-electron chi connectivity index (χ2n) is 3.73. The molecule has 1 aromatic rings. The highest BCUT2D eigenvalue weighted by Crippen LogP contribution is 2.25. The van der Waals surface area contributed by atoms with Gasteiger partial charge in [0.2, 0.25) is 0 Å². The number of hydrogen-bond donors (Lipinski definition) is 2. The maximum Gasteiger partial charge on any atom is 0.338 e. The average molecular weight is 241 g/mol. The molecule has 0 aliphatic carbocycles. The number of aromatic nitrogens is 1. The first-order valence-electron chi connectivity index (χ1n) is 4.98. The van der Waals surface area contributed by atoms with Crippen molar-refractivity contribution in [3.05, 3.63) is 23.5 Å². The number of carboxylic acid groups (broad SMARTS) is 1. The molecule has 88 valence electrons. The van der Waals surface area contributed by atoms with Gasteiger partial charge in [-0.25, -0.2) is 4.79 Å². The van der Waals surface area contributed by atoms with E-state index in [2.05, 4.69) is 4.98 Å². The summed E-state index contributed by atoms with van der Waals surface area (Å²) >= 11 is 1.44. The molecular formula is C11H15NO3S. The van der Waals surface area contributed by atoms with Gasteiger partial charge in [0, 0.05) is 29.1 Å². The van der Waals surface area contributed by atoms with Crippen LogP contribution in [0.4, 0.5) is 0 Å². The Hall–Kier alpha value is -1.07. The minimum absolute atomic E-state index is 0.111. The van der Waals surface area contributed by atoms with Crippen LogP contribution in [0.25, 0.3) is 0 Å². The minimum Gasteiger partial charge on any atom is -0.478 e. The minimum atomic E-state index is -0.966. The lowest BCUT2D eigenvalue weighted by Gasteiger charge is -2.09. The van der Waals surface area contributed by atoms with E-state index in [1.165, 1.54) is 18.0 Å². The lowest BCUT2D eigenvalue weighted by molar-refractivity contribution is 0.0692. The van der Waals surface area contributed by atoms with Gasteiger partial charge < -0.3 is 10.2 Å². The largest absolute Gasteiger partial charge is 0.478 e. The maximum absolute atomic E-state index is 10.9. The smallest absolute Gasteiger partial charge is 0.338 e. The molecule has 1 rings (SSSR count). The molecule has 0 aliphatic rings. The van der Waals surface area contributed by atoms with Crippen LogP contribution in [0, 0.1) is 12.8 Å². The molecule has 2 N–H and O–H groups in total. The average Bonchev–Trinajstić information content (AvgIpc) is 2.25. The van der Waals surface area contributed by atoms with E-state index in [1.54, 1.807) is 6.07 Å². The van der Waals surface area contributed by atoms with E-state index in [1.807, 2.05) is 13.8 Å². The number of thioether (sulfide) groups is 1. The number of carboxylic acids is 1. The van der Waals surface area contributed by atoms with Crippen molar-refractivity contribution in [1.29, 1.82) is 0 Å². The summed E-state index contributed by atoms with van der Waals surface area (Å²) in [6.07, 6.45) is 1.38. The van der Waals surface area contributed by atoms with Crippen molar-refractivity contribution < 1.29 is 15.0 Å². The zero-order valence-corrected chi connectivity index (χ0v) is 10.1. The predicted molar refractivity (Wildman–Crippen MR) is 62.9 cm³/mol. The topological polar surface area (TPSA) is 70.4 Å². The van der Waals surface area contributed by atoms with Gasteiger partial charge in [-0.1, -0.05) is 6.92 Å². The van der Waals surface area contributed by atoms with Gasteiger partial charge >= 0.3 is 5.97 Å². The summed E-state index contributed by atoms with van der Waals surface area (Å²) in [4.78, 5) is 15.6. The Morgan fingerprint density at radius 1 is 1.62 bits per heavy atom. The molecule has 0 aromatic carbocycles. The van der Waals surface area contributed by atoms with Crippen LogP contribution in [0.15, 0.2) is 17.2 Å². The van der Waals surface area contributed by atoms with Crippen LogP contribution in [0.3, 0.4) is 0 Å². The monoisotopic (exact) mass is 241 g/mol. The highest BCUT2D eigenvalue weighted by atomic mass is 32.2. The Bertz CT molecular complexity index is 381. The second-order valence-corrected chi connectivity index (χ2v) is 4.79. The maximum atomic E-state index is 10.9. The molecule has 0 bridgehead atoms. The number of aliphatic hydroxyl groups is 1. The van der Waals surface area contributed by atoms with Gasteiger partial charge in [0.05, 0.1) is 5.56 Å². The van der Waals surface area contributed by atoms with E-state index in [9.17, 15) is 4.79 Å². The summed E-state index contributed by atoms with van der Waals surface area (Å²) in [6, 6.07) is 1.76. The number of aliphatic hydroxyl groups excluding tert-OH is 1. The number of carbonyl (C=O) groups is 1. The molecule has 1 unspecified atom stereocenters. The van der Waals surface area contributed by atoms with E-state index in [0.29, 0.717) is 10.6 Å². The van der Waals surface area contributed by atoms with Crippen molar-refractivity contribution in [3.8, 4) is 0 Å². The number of hydrogen-bond acceptors (Lipinski definition) is 4. The fourth-order valence-electron chi connectivity index (χ4n) is 1.10. The summed E-state index contributed by atoms with van der Waals surface area (Å²) in [5.41, 5.74) is 1.02. The van der Waals surface area contributed by atoms with Gasteiger partial charge in [-0.05, 0) is 18.9 Å². The molecule has 1 aromatic heterocycles. The first-order valence-corrected chi connectivity index (χ1v) is 5.96. The Morgan fingerprint density at radius 3 is 2.88 bits per heavy atom. The van der Waals surface area contributed by atoms with Crippen LogP contribution >= 0.6 is 11.8 Å². The summed E-state index contributed by atoms with van der Waals surface area (Å²) in [6.45, 7) is 3.85. The van der Waals surface area contributed by atoms with Crippen LogP contribution in [0.5, 0.6) is 0 Å².